The van der Waals surface area contributed by atoms with Crippen molar-refractivity contribution in [2.75, 3.05) is 12.0 Å². The van der Waals surface area contributed by atoms with Gasteiger partial charge in [-0.15, -0.1) is 0 Å². The molecule has 0 heterocycles. The maximum atomic E-state index is 13.1. The van der Waals surface area contributed by atoms with Gasteiger partial charge in [0.2, 0.25) is 0 Å². The third kappa shape index (κ3) is 7.65. The average Bonchev–Trinajstić information content (AvgIpc) is 2.85. The van der Waals surface area contributed by atoms with Crippen molar-refractivity contribution in [1.82, 2.24) is 5.32 Å². The minimum Gasteiger partial charge on any atom is -0.548 e. The van der Waals surface area contributed by atoms with Crippen molar-refractivity contribution >= 4 is 23.6 Å². The summed E-state index contributed by atoms with van der Waals surface area (Å²) in [5.41, 5.74) is 4.45. The molecule has 6 nitrogen and oxygen atoms in total. The number of hydrogen-bond donors (Lipinski definition) is 2. The normalized spacial score (nSPS) is 11.3. The van der Waals surface area contributed by atoms with Gasteiger partial charge in [0, 0.05) is 11.1 Å². The number of carbonyl (C=O) groups is 2. The number of rotatable bonds is 11. The fraction of sp³-hybridized carbons (Fsp3) is 0.259. The van der Waals surface area contributed by atoms with Crippen LogP contribution in [0.1, 0.15) is 33.5 Å². The first-order valence-corrected chi connectivity index (χ1v) is 12.3. The molecular weight excluding hydrogens is 457 g/mol. The number of amides is 1. The zero-order chi connectivity index (χ0) is 24.5. The first kappa shape index (κ1) is 28.5. The number of carboxylic acids is 1. The summed E-state index contributed by atoms with van der Waals surface area (Å²) in [6.45, 7) is 2.08. The van der Waals surface area contributed by atoms with Crippen LogP contribution < -0.4 is 34.0 Å². The van der Waals surface area contributed by atoms with Crippen molar-refractivity contribution in [3.63, 3.8) is 0 Å². The average molecular weight is 486 g/mol. The van der Waals surface area contributed by atoms with Crippen molar-refractivity contribution in [3.05, 3.63) is 89.0 Å². The second kappa shape index (κ2) is 14.0. The fourth-order valence-electron chi connectivity index (χ4n) is 3.63. The van der Waals surface area contributed by atoms with E-state index in [9.17, 15) is 19.8 Å². The molecule has 0 saturated heterocycles. The Labute approximate surface area is 222 Å². The van der Waals surface area contributed by atoms with Crippen LogP contribution in [0.4, 0.5) is 0 Å². The SMILES string of the molecule is CSCC[C@H](NC(=O)c1ccc(COc2ccccc2CO)cc1-c1ccccc1C)C(=O)[O-].[Li+]. The van der Waals surface area contributed by atoms with Crippen LogP contribution in [0.3, 0.4) is 0 Å². The number of carbonyl (C=O) groups excluding carboxylic acids is 2. The summed E-state index contributed by atoms with van der Waals surface area (Å²) in [4.78, 5) is 24.7. The molecule has 2 N–H and O–H groups in total. The molecule has 1 amide bonds. The Hall–Kier alpha value is -2.69. The summed E-state index contributed by atoms with van der Waals surface area (Å²) >= 11 is 1.51. The smallest absolute Gasteiger partial charge is 0.548 e. The number of hydrogen-bond acceptors (Lipinski definition) is 6. The first-order valence-electron chi connectivity index (χ1n) is 11.0. The molecule has 3 rings (SSSR count). The predicted octanol–water partition coefficient (Wildman–Crippen LogP) is 0.339. The standard InChI is InChI=1S/C27H29NO5S.Li/c1-18-7-3-5-9-21(18)23-15-19(17-33-25-10-6-4-8-20(25)16-29)11-12-22(23)26(30)28-24(27(31)32)13-14-34-2;/h3-12,15,24,29H,13-14,16-17H2,1-2H3,(H,28,30)(H,31,32);/q;+1/p-1/t24-;/m0./s1. The molecule has 3 aromatic rings. The predicted molar refractivity (Wildman–Crippen MR) is 133 cm³/mol. The van der Waals surface area contributed by atoms with Crippen LogP contribution in [-0.2, 0) is 18.0 Å². The van der Waals surface area contributed by atoms with E-state index in [1.165, 1.54) is 11.8 Å². The van der Waals surface area contributed by atoms with Gasteiger partial charge < -0.3 is 25.1 Å². The number of carboxylic acid groups (broad SMARTS) is 1. The van der Waals surface area contributed by atoms with Crippen LogP contribution in [0.15, 0.2) is 66.7 Å². The van der Waals surface area contributed by atoms with Crippen molar-refractivity contribution < 1.29 is 43.4 Å². The minimum absolute atomic E-state index is 0. The van der Waals surface area contributed by atoms with Crippen molar-refractivity contribution in [2.24, 2.45) is 0 Å². The van der Waals surface area contributed by atoms with Gasteiger partial charge in [0.1, 0.15) is 12.4 Å². The minimum atomic E-state index is -1.30. The molecule has 0 radical (unpaired) electrons. The summed E-state index contributed by atoms with van der Waals surface area (Å²) in [6.07, 6.45) is 2.16. The van der Waals surface area contributed by atoms with Gasteiger partial charge in [-0.1, -0.05) is 48.5 Å². The Balaban J connectivity index is 0.00000432. The third-order valence-corrected chi connectivity index (χ3v) is 6.15. The van der Waals surface area contributed by atoms with Crippen molar-refractivity contribution in [3.8, 4) is 16.9 Å². The van der Waals surface area contributed by atoms with Crippen LogP contribution in [0, 0.1) is 6.92 Å². The molecule has 0 aliphatic rings. The van der Waals surface area contributed by atoms with Gasteiger partial charge in [-0.05, 0) is 65.8 Å². The van der Waals surface area contributed by atoms with Crippen LogP contribution in [0.25, 0.3) is 11.1 Å². The molecule has 0 fully saturated rings. The molecule has 0 aliphatic carbocycles. The Morgan fingerprint density at radius 1 is 1.06 bits per heavy atom. The summed E-state index contributed by atoms with van der Waals surface area (Å²) in [7, 11) is 0. The number of ether oxygens (including phenoxy) is 1. The monoisotopic (exact) mass is 485 g/mol. The van der Waals surface area contributed by atoms with E-state index in [1.807, 2.05) is 55.6 Å². The van der Waals surface area contributed by atoms with Gasteiger partial charge in [-0.3, -0.25) is 4.79 Å². The molecule has 0 aliphatic heterocycles. The second-order valence-corrected chi connectivity index (χ2v) is 8.86. The molecule has 0 bridgehead atoms. The molecule has 8 heteroatoms. The Bertz CT molecular complexity index is 1150. The Morgan fingerprint density at radius 3 is 2.46 bits per heavy atom. The van der Waals surface area contributed by atoms with E-state index in [4.69, 9.17) is 4.74 Å². The molecule has 0 unspecified atom stereocenters. The number of aliphatic hydroxyl groups is 1. The van der Waals surface area contributed by atoms with E-state index in [1.54, 1.807) is 24.3 Å². The van der Waals surface area contributed by atoms with Gasteiger partial charge in [0.15, 0.2) is 0 Å². The van der Waals surface area contributed by atoms with Gasteiger partial charge in [-0.25, -0.2) is 0 Å². The van der Waals surface area contributed by atoms with Crippen molar-refractivity contribution in [2.45, 2.75) is 32.6 Å². The van der Waals surface area contributed by atoms with Crippen LogP contribution in [0.5, 0.6) is 5.75 Å². The first-order chi connectivity index (χ1) is 16.4. The Morgan fingerprint density at radius 2 is 1.77 bits per heavy atom. The van der Waals surface area contributed by atoms with Gasteiger partial charge in [-0.2, -0.15) is 11.8 Å². The van der Waals surface area contributed by atoms with Crippen molar-refractivity contribution in [1.29, 1.82) is 0 Å². The number of thioether (sulfide) groups is 1. The molecule has 0 aromatic heterocycles. The van der Waals surface area contributed by atoms with E-state index >= 15 is 0 Å². The molecular formula is C27H28LiNO5S. The topological polar surface area (TPSA) is 98.7 Å². The fourth-order valence-corrected chi connectivity index (χ4v) is 4.11. The third-order valence-electron chi connectivity index (χ3n) is 5.50. The number of benzene rings is 3. The Kier molecular flexibility index (Phi) is 11.4. The van der Waals surface area contributed by atoms with Crippen LogP contribution >= 0.6 is 11.8 Å². The maximum absolute atomic E-state index is 13.1. The van der Waals surface area contributed by atoms with E-state index < -0.39 is 17.9 Å². The van der Waals surface area contributed by atoms with E-state index in [2.05, 4.69) is 5.32 Å². The van der Waals surface area contributed by atoms with E-state index in [-0.39, 0.29) is 38.5 Å². The molecule has 35 heavy (non-hydrogen) atoms. The number of aliphatic carboxylic acids is 1. The number of para-hydroxylation sites is 1. The summed E-state index contributed by atoms with van der Waals surface area (Å²) < 4.78 is 5.93. The summed E-state index contributed by atoms with van der Waals surface area (Å²) in [6, 6.07) is 19.3. The largest absolute Gasteiger partial charge is 1.00 e. The van der Waals surface area contributed by atoms with Crippen LogP contribution in [0.2, 0.25) is 0 Å². The molecule has 0 spiro atoms. The second-order valence-electron chi connectivity index (χ2n) is 7.88. The number of nitrogens with one attached hydrogen (secondary N) is 1. The van der Waals surface area contributed by atoms with Gasteiger partial charge >= 0.3 is 18.9 Å². The van der Waals surface area contributed by atoms with E-state index in [0.717, 1.165) is 16.7 Å². The van der Waals surface area contributed by atoms with Gasteiger partial charge in [0.05, 0.1) is 18.6 Å². The zero-order valence-corrected chi connectivity index (χ0v) is 21.1. The van der Waals surface area contributed by atoms with Gasteiger partial charge in [0.25, 0.3) is 5.91 Å². The molecule has 0 saturated carbocycles. The molecule has 178 valence electrons. The molecule has 1 atom stereocenters. The van der Waals surface area contributed by atoms with Crippen LogP contribution in [-0.4, -0.2) is 35.0 Å². The molecule has 3 aromatic carbocycles. The number of aliphatic hydroxyl groups excluding tert-OH is 1. The summed E-state index contributed by atoms with van der Waals surface area (Å²) in [5.74, 6) is -0.580. The van der Waals surface area contributed by atoms with E-state index in [0.29, 0.717) is 28.2 Å². The quantitative estimate of drug-likeness (QED) is 0.380. The zero-order valence-electron chi connectivity index (χ0n) is 20.2. The number of aryl methyl sites for hydroxylation is 1. The summed E-state index contributed by atoms with van der Waals surface area (Å²) in [5, 5.41) is 23.7. The maximum Gasteiger partial charge on any atom is 1.00 e.